The van der Waals surface area contributed by atoms with E-state index < -0.39 is 8.56 Å². The largest absolute Gasteiger partial charge is 0.411 e. The molecule has 4 N–H and O–H groups in total. The Kier molecular flexibility index (Phi) is 4.04. The highest BCUT2D eigenvalue weighted by Crippen LogP contribution is 2.01. The SMILES string of the molecule is C[NH2+]CCC[Si](C)(O)O. The van der Waals surface area contributed by atoms with Crippen molar-refractivity contribution in [2.75, 3.05) is 13.6 Å². The minimum Gasteiger partial charge on any atom is -0.411 e. The first-order chi connectivity index (χ1) is 4.06. The number of hydrogen-bond acceptors (Lipinski definition) is 2. The molecule has 0 unspecified atom stereocenters. The van der Waals surface area contributed by atoms with Crippen molar-refractivity contribution in [2.45, 2.75) is 19.0 Å². The van der Waals surface area contributed by atoms with Crippen LogP contribution in [0.1, 0.15) is 6.42 Å². The molecule has 0 amide bonds. The van der Waals surface area contributed by atoms with Crippen LogP contribution in [0, 0.1) is 0 Å². The minimum atomic E-state index is -2.71. The van der Waals surface area contributed by atoms with Gasteiger partial charge in [0.15, 0.2) is 0 Å². The summed E-state index contributed by atoms with van der Waals surface area (Å²) >= 11 is 0. The van der Waals surface area contributed by atoms with Gasteiger partial charge in [0.1, 0.15) is 0 Å². The van der Waals surface area contributed by atoms with Crippen LogP contribution in [-0.4, -0.2) is 31.7 Å². The number of hydrogen-bond donors (Lipinski definition) is 3. The topological polar surface area (TPSA) is 57.1 Å². The monoisotopic (exact) mass is 150 g/mol. The molecule has 0 spiro atoms. The van der Waals surface area contributed by atoms with Crippen molar-refractivity contribution >= 4 is 8.56 Å². The zero-order valence-electron chi connectivity index (χ0n) is 6.09. The van der Waals surface area contributed by atoms with E-state index in [1.54, 1.807) is 6.55 Å². The van der Waals surface area contributed by atoms with E-state index in [1.165, 1.54) is 0 Å². The first-order valence-electron chi connectivity index (χ1n) is 3.29. The second kappa shape index (κ2) is 4.00. The summed E-state index contributed by atoms with van der Waals surface area (Å²) in [6.45, 7) is 2.53. The molecule has 0 rings (SSSR count). The molecule has 0 fully saturated rings. The average molecular weight is 150 g/mol. The Morgan fingerprint density at radius 3 is 2.33 bits per heavy atom. The highest BCUT2D eigenvalue weighted by Gasteiger charge is 2.19. The summed E-state index contributed by atoms with van der Waals surface area (Å²) in [5.74, 6) is 0. The molecule has 0 aromatic carbocycles. The normalized spacial score (nSPS) is 12.0. The Morgan fingerprint density at radius 1 is 1.44 bits per heavy atom. The van der Waals surface area contributed by atoms with Crippen LogP contribution < -0.4 is 5.32 Å². The molecule has 0 radical (unpaired) electrons. The highest BCUT2D eigenvalue weighted by atomic mass is 28.4. The van der Waals surface area contributed by atoms with E-state index in [2.05, 4.69) is 0 Å². The molecule has 4 heteroatoms. The highest BCUT2D eigenvalue weighted by molar-refractivity contribution is 6.63. The molecule has 0 saturated carbocycles. The van der Waals surface area contributed by atoms with Crippen molar-refractivity contribution in [2.24, 2.45) is 0 Å². The minimum absolute atomic E-state index is 0.595. The van der Waals surface area contributed by atoms with Crippen molar-refractivity contribution in [3.8, 4) is 0 Å². The first-order valence-corrected chi connectivity index (χ1v) is 5.89. The van der Waals surface area contributed by atoms with Crippen LogP contribution >= 0.6 is 0 Å². The summed E-state index contributed by atoms with van der Waals surface area (Å²) in [6.07, 6.45) is 0.909. The maximum atomic E-state index is 8.92. The van der Waals surface area contributed by atoms with Crippen LogP contribution in [0.5, 0.6) is 0 Å². The van der Waals surface area contributed by atoms with Crippen LogP contribution in [-0.2, 0) is 0 Å². The van der Waals surface area contributed by atoms with E-state index in [9.17, 15) is 0 Å². The zero-order chi connectivity index (χ0) is 7.33. The summed E-state index contributed by atoms with van der Waals surface area (Å²) in [4.78, 5) is 17.8. The second-order valence-corrected chi connectivity index (χ2v) is 5.45. The summed E-state index contributed by atoms with van der Waals surface area (Å²) in [7, 11) is -0.735. The fourth-order valence-corrected chi connectivity index (χ4v) is 1.51. The standard InChI is InChI=1S/C5H15NO2Si/c1-6-4-3-5-9(2,7)8/h6-8H,3-5H2,1-2H3/p+1. The van der Waals surface area contributed by atoms with Crippen LogP contribution in [0.2, 0.25) is 12.6 Å². The summed E-state index contributed by atoms with van der Waals surface area (Å²) in [5, 5.41) is 2.04. The van der Waals surface area contributed by atoms with E-state index in [-0.39, 0.29) is 0 Å². The van der Waals surface area contributed by atoms with E-state index in [1.807, 2.05) is 12.4 Å². The fraction of sp³-hybridized carbons (Fsp3) is 1.00. The molecule has 0 saturated heterocycles. The molecule has 0 bridgehead atoms. The molecule has 56 valence electrons. The third-order valence-corrected chi connectivity index (χ3v) is 2.44. The molecule has 9 heavy (non-hydrogen) atoms. The molecule has 0 aromatic heterocycles. The summed E-state index contributed by atoms with van der Waals surface area (Å²) < 4.78 is 0. The Balaban J connectivity index is 3.07. The van der Waals surface area contributed by atoms with Crippen molar-refractivity contribution in [3.63, 3.8) is 0 Å². The number of quaternary nitrogens is 1. The van der Waals surface area contributed by atoms with Crippen LogP contribution in [0.4, 0.5) is 0 Å². The lowest BCUT2D eigenvalue weighted by Crippen LogP contribution is -2.79. The molecule has 0 atom stereocenters. The van der Waals surface area contributed by atoms with Gasteiger partial charge < -0.3 is 14.9 Å². The third-order valence-electron chi connectivity index (χ3n) is 1.14. The Labute approximate surface area is 57.0 Å². The zero-order valence-corrected chi connectivity index (χ0v) is 7.09. The van der Waals surface area contributed by atoms with Gasteiger partial charge in [-0.15, -0.1) is 0 Å². The molecular weight excluding hydrogens is 134 g/mol. The summed E-state index contributed by atoms with van der Waals surface area (Å²) in [6, 6.07) is 0.595. The van der Waals surface area contributed by atoms with Crippen LogP contribution in [0.25, 0.3) is 0 Å². The van der Waals surface area contributed by atoms with Crippen molar-refractivity contribution in [1.82, 2.24) is 0 Å². The molecule has 0 aliphatic heterocycles. The van der Waals surface area contributed by atoms with Gasteiger partial charge in [0, 0.05) is 0 Å². The summed E-state index contributed by atoms with van der Waals surface area (Å²) in [5.41, 5.74) is 0. The smallest absolute Gasteiger partial charge is 0.329 e. The van der Waals surface area contributed by atoms with Crippen LogP contribution in [0.3, 0.4) is 0 Å². The third kappa shape index (κ3) is 8.10. The van der Waals surface area contributed by atoms with Crippen molar-refractivity contribution in [3.05, 3.63) is 0 Å². The van der Waals surface area contributed by atoms with Crippen LogP contribution in [0.15, 0.2) is 0 Å². The molecule has 0 aliphatic rings. The maximum absolute atomic E-state index is 8.92. The number of rotatable bonds is 4. The second-order valence-electron chi connectivity index (χ2n) is 2.52. The molecule has 0 aliphatic carbocycles. The van der Waals surface area contributed by atoms with Gasteiger partial charge in [-0.25, -0.2) is 0 Å². The lowest BCUT2D eigenvalue weighted by molar-refractivity contribution is -0.626. The fourth-order valence-electron chi connectivity index (χ4n) is 0.641. The average Bonchev–Trinajstić information content (AvgIpc) is 1.63. The molecule has 0 heterocycles. The van der Waals surface area contributed by atoms with Gasteiger partial charge in [0.2, 0.25) is 0 Å². The van der Waals surface area contributed by atoms with Gasteiger partial charge in [-0.3, -0.25) is 0 Å². The van der Waals surface area contributed by atoms with Gasteiger partial charge in [0.05, 0.1) is 13.6 Å². The van der Waals surface area contributed by atoms with E-state index in [0.29, 0.717) is 6.04 Å². The Bertz CT molecular complexity index is 71.8. The quantitative estimate of drug-likeness (QED) is 0.342. The molecular formula is C5H16NO2Si+. The van der Waals surface area contributed by atoms with Gasteiger partial charge in [-0.05, 0) is 19.0 Å². The lowest BCUT2D eigenvalue weighted by Gasteiger charge is -2.09. The molecule has 3 nitrogen and oxygen atoms in total. The van der Waals surface area contributed by atoms with Gasteiger partial charge in [-0.1, -0.05) is 0 Å². The van der Waals surface area contributed by atoms with Gasteiger partial charge in [-0.2, -0.15) is 0 Å². The Hall–Kier alpha value is 0.0969. The Morgan fingerprint density at radius 2 is 2.00 bits per heavy atom. The van der Waals surface area contributed by atoms with E-state index in [0.717, 1.165) is 13.0 Å². The van der Waals surface area contributed by atoms with Gasteiger partial charge in [0.25, 0.3) is 0 Å². The molecule has 0 aromatic rings. The first kappa shape index (κ1) is 9.10. The van der Waals surface area contributed by atoms with Crippen molar-refractivity contribution < 1.29 is 14.9 Å². The number of nitrogens with two attached hydrogens (primary N) is 1. The maximum Gasteiger partial charge on any atom is 0.329 e. The van der Waals surface area contributed by atoms with Crippen molar-refractivity contribution in [1.29, 1.82) is 0 Å². The predicted molar refractivity (Wildman–Crippen MR) is 38.2 cm³/mol. The van der Waals surface area contributed by atoms with Gasteiger partial charge >= 0.3 is 8.56 Å². The lowest BCUT2D eigenvalue weighted by atomic mass is 10.5. The predicted octanol–water partition coefficient (Wildman–Crippen LogP) is -1.37. The van der Waals surface area contributed by atoms with E-state index in [4.69, 9.17) is 9.59 Å². The van der Waals surface area contributed by atoms with E-state index >= 15 is 0 Å².